The van der Waals surface area contributed by atoms with Crippen molar-refractivity contribution in [3.63, 3.8) is 0 Å². The lowest BCUT2D eigenvalue weighted by atomic mass is 10.0. The van der Waals surface area contributed by atoms with Crippen molar-refractivity contribution in [2.45, 2.75) is 19.4 Å². The maximum Gasteiger partial charge on any atom is 0.116 e. The second-order valence-electron chi connectivity index (χ2n) is 6.64. The molecule has 1 aliphatic rings. The smallest absolute Gasteiger partial charge is 0.116 e. The molecule has 2 aromatic heterocycles. The van der Waals surface area contributed by atoms with Crippen LogP contribution in [0.4, 0.5) is 0 Å². The molecule has 0 saturated carbocycles. The molecule has 0 amide bonds. The van der Waals surface area contributed by atoms with E-state index < -0.39 is 0 Å². The van der Waals surface area contributed by atoms with Crippen LogP contribution >= 0.6 is 0 Å². The largest absolute Gasteiger partial charge is 0.298 e. The van der Waals surface area contributed by atoms with Crippen LogP contribution in [0.1, 0.15) is 22.4 Å². The number of fused-ring (bicyclic) bond motifs is 1. The quantitative estimate of drug-likeness (QED) is 0.729. The minimum absolute atomic E-state index is 0.713. The zero-order valence-electron chi connectivity index (χ0n) is 14.8. The lowest BCUT2D eigenvalue weighted by Crippen LogP contribution is -2.26. The van der Waals surface area contributed by atoms with E-state index in [0.717, 1.165) is 49.4 Å². The van der Waals surface area contributed by atoms with Gasteiger partial charge in [0.1, 0.15) is 6.33 Å². The van der Waals surface area contributed by atoms with E-state index in [4.69, 9.17) is 5.26 Å². The van der Waals surface area contributed by atoms with Crippen molar-refractivity contribution in [1.82, 2.24) is 24.6 Å². The van der Waals surface area contributed by atoms with Crippen molar-refractivity contribution in [2.24, 2.45) is 7.05 Å². The van der Waals surface area contributed by atoms with Gasteiger partial charge >= 0.3 is 0 Å². The minimum Gasteiger partial charge on any atom is -0.298 e. The maximum atomic E-state index is 9.09. The molecule has 0 atom stereocenters. The Labute approximate surface area is 152 Å². The van der Waals surface area contributed by atoms with Gasteiger partial charge in [-0.05, 0) is 24.1 Å². The van der Waals surface area contributed by atoms with Gasteiger partial charge in [-0.3, -0.25) is 9.58 Å². The molecule has 3 aromatic rings. The van der Waals surface area contributed by atoms with Gasteiger partial charge in [0.05, 0.1) is 23.5 Å². The third-order valence-corrected chi connectivity index (χ3v) is 4.82. The summed E-state index contributed by atoms with van der Waals surface area (Å²) in [6.07, 6.45) is 7.34. The number of aryl methyl sites for hydroxylation is 1. The van der Waals surface area contributed by atoms with Crippen LogP contribution in [0.5, 0.6) is 0 Å². The van der Waals surface area contributed by atoms with E-state index in [1.54, 1.807) is 11.0 Å². The van der Waals surface area contributed by atoms with Gasteiger partial charge in [0.15, 0.2) is 0 Å². The predicted molar refractivity (Wildman–Crippen MR) is 98.1 cm³/mol. The fourth-order valence-corrected chi connectivity index (χ4v) is 3.52. The molecule has 6 nitrogen and oxygen atoms in total. The molecule has 26 heavy (non-hydrogen) atoms. The number of hydrogen-bond acceptors (Lipinski definition) is 5. The van der Waals surface area contributed by atoms with Gasteiger partial charge in [-0.1, -0.05) is 12.1 Å². The summed E-state index contributed by atoms with van der Waals surface area (Å²) in [7, 11) is 1.92. The first kappa shape index (κ1) is 16.4. The number of rotatable bonds is 3. The Morgan fingerprint density at radius 2 is 2.08 bits per heavy atom. The molecule has 130 valence electrons. The Balaban J connectivity index is 1.55. The average molecular weight is 344 g/mol. The molecule has 0 saturated heterocycles. The predicted octanol–water partition coefficient (Wildman–Crippen LogP) is 2.35. The summed E-state index contributed by atoms with van der Waals surface area (Å²) in [4.78, 5) is 11.5. The second-order valence-corrected chi connectivity index (χ2v) is 6.64. The highest BCUT2D eigenvalue weighted by Crippen LogP contribution is 2.25. The Morgan fingerprint density at radius 1 is 1.19 bits per heavy atom. The van der Waals surface area contributed by atoms with Crippen LogP contribution in [0.25, 0.3) is 11.3 Å². The van der Waals surface area contributed by atoms with Gasteiger partial charge in [0.2, 0.25) is 0 Å². The summed E-state index contributed by atoms with van der Waals surface area (Å²) in [6.45, 7) is 2.75. The zero-order valence-corrected chi connectivity index (χ0v) is 14.8. The third kappa shape index (κ3) is 3.35. The van der Waals surface area contributed by atoms with Gasteiger partial charge in [-0.2, -0.15) is 10.4 Å². The van der Waals surface area contributed by atoms with Crippen LogP contribution in [0.2, 0.25) is 0 Å². The monoisotopic (exact) mass is 344 g/mol. The highest BCUT2D eigenvalue weighted by molar-refractivity contribution is 5.62. The molecule has 6 heteroatoms. The number of nitriles is 1. The van der Waals surface area contributed by atoms with Crippen molar-refractivity contribution in [1.29, 1.82) is 5.26 Å². The molecule has 4 rings (SSSR count). The van der Waals surface area contributed by atoms with Crippen LogP contribution in [0, 0.1) is 11.3 Å². The van der Waals surface area contributed by atoms with Gasteiger partial charge in [-0.15, -0.1) is 0 Å². The fraction of sp³-hybridized carbons (Fsp3) is 0.300. The van der Waals surface area contributed by atoms with E-state index in [0.29, 0.717) is 5.56 Å². The SMILES string of the molecule is Cn1cc(-c2ncnc3c2CCN(Cc2cccc(C#N)c2)CC3)cn1. The van der Waals surface area contributed by atoms with Crippen LogP contribution in [-0.4, -0.2) is 37.7 Å². The van der Waals surface area contributed by atoms with Crippen molar-refractivity contribution >= 4 is 0 Å². The normalized spacial score (nSPS) is 14.5. The van der Waals surface area contributed by atoms with E-state index >= 15 is 0 Å². The van der Waals surface area contributed by atoms with Gasteiger partial charge < -0.3 is 0 Å². The number of hydrogen-bond donors (Lipinski definition) is 0. The molecule has 0 radical (unpaired) electrons. The molecule has 1 aromatic carbocycles. The molecule has 0 N–H and O–H groups in total. The Kier molecular flexibility index (Phi) is 4.46. The van der Waals surface area contributed by atoms with Crippen molar-refractivity contribution in [3.8, 4) is 17.3 Å². The number of nitrogens with zero attached hydrogens (tertiary/aromatic N) is 6. The fourth-order valence-electron chi connectivity index (χ4n) is 3.52. The molecule has 0 fully saturated rings. The summed E-state index contributed by atoms with van der Waals surface area (Å²) in [5.74, 6) is 0. The number of benzene rings is 1. The molecule has 0 spiro atoms. The van der Waals surface area contributed by atoms with Gasteiger partial charge in [-0.25, -0.2) is 9.97 Å². The average Bonchev–Trinajstić information content (AvgIpc) is 2.99. The first-order valence-corrected chi connectivity index (χ1v) is 8.76. The Hall–Kier alpha value is -3.04. The summed E-state index contributed by atoms with van der Waals surface area (Å²) >= 11 is 0. The van der Waals surface area contributed by atoms with Gasteiger partial charge in [0.25, 0.3) is 0 Å². The topological polar surface area (TPSA) is 70.6 Å². The molecule has 3 heterocycles. The molecule has 1 aliphatic heterocycles. The van der Waals surface area contributed by atoms with E-state index in [2.05, 4.69) is 32.1 Å². The first-order chi connectivity index (χ1) is 12.7. The maximum absolute atomic E-state index is 9.09. The first-order valence-electron chi connectivity index (χ1n) is 8.76. The highest BCUT2D eigenvalue weighted by atomic mass is 15.2. The van der Waals surface area contributed by atoms with Crippen LogP contribution in [-0.2, 0) is 26.4 Å². The third-order valence-electron chi connectivity index (χ3n) is 4.82. The molecule has 0 aliphatic carbocycles. The van der Waals surface area contributed by atoms with E-state index in [1.165, 1.54) is 11.1 Å². The highest BCUT2D eigenvalue weighted by Gasteiger charge is 2.20. The van der Waals surface area contributed by atoms with Crippen molar-refractivity contribution in [3.05, 3.63) is 65.4 Å². The van der Waals surface area contributed by atoms with Crippen molar-refractivity contribution in [2.75, 3.05) is 13.1 Å². The summed E-state index contributed by atoms with van der Waals surface area (Å²) in [5.41, 5.74) is 6.29. The van der Waals surface area contributed by atoms with Crippen molar-refractivity contribution < 1.29 is 0 Å². The molecule has 0 unspecified atom stereocenters. The van der Waals surface area contributed by atoms with Gasteiger partial charge in [0, 0.05) is 56.1 Å². The van der Waals surface area contributed by atoms with Crippen LogP contribution in [0.3, 0.4) is 0 Å². The summed E-state index contributed by atoms with van der Waals surface area (Å²) in [6, 6.07) is 10.1. The molecule has 0 bridgehead atoms. The van der Waals surface area contributed by atoms with Crippen LogP contribution < -0.4 is 0 Å². The standard InChI is InChI=1S/C20H20N6/c1-25-13-17(11-24-25)20-18-5-7-26(8-6-19(18)22-14-23-20)12-16-4-2-3-15(9-16)10-21/h2-4,9,11,13-14H,5-8,12H2,1H3. The lowest BCUT2D eigenvalue weighted by Gasteiger charge is -2.19. The van der Waals surface area contributed by atoms with Crippen LogP contribution in [0.15, 0.2) is 43.0 Å². The summed E-state index contributed by atoms with van der Waals surface area (Å²) in [5, 5.41) is 13.4. The molecular formula is C20H20N6. The van der Waals surface area contributed by atoms with E-state index in [9.17, 15) is 0 Å². The Morgan fingerprint density at radius 3 is 2.88 bits per heavy atom. The minimum atomic E-state index is 0.713. The molecular weight excluding hydrogens is 324 g/mol. The van der Waals surface area contributed by atoms with E-state index in [-0.39, 0.29) is 0 Å². The lowest BCUT2D eigenvalue weighted by molar-refractivity contribution is 0.279. The Bertz CT molecular complexity index is 968. The zero-order chi connectivity index (χ0) is 17.9. The van der Waals surface area contributed by atoms with E-state index in [1.807, 2.05) is 37.6 Å². The summed E-state index contributed by atoms with van der Waals surface area (Å²) < 4.78 is 1.80. The second kappa shape index (κ2) is 7.06. The number of aromatic nitrogens is 4.